The third kappa shape index (κ3) is 7.25. The normalized spacial score (nSPS) is 14.2. The zero-order valence-electron chi connectivity index (χ0n) is 8.44. The van der Waals surface area contributed by atoms with Crippen molar-refractivity contribution in [2.75, 3.05) is 18.9 Å². The lowest BCUT2D eigenvalue weighted by atomic mass is 10.3. The van der Waals surface area contributed by atoms with Crippen LogP contribution in [0.15, 0.2) is 0 Å². The van der Waals surface area contributed by atoms with E-state index in [9.17, 15) is 8.42 Å². The Hall–Kier alpha value is -0.170. The van der Waals surface area contributed by atoms with Crippen molar-refractivity contribution in [3.05, 3.63) is 0 Å². The summed E-state index contributed by atoms with van der Waals surface area (Å²) < 4.78 is 24.7. The maximum Gasteiger partial charge on any atom is 0.211 e. The van der Waals surface area contributed by atoms with Crippen LogP contribution in [0.4, 0.5) is 0 Å². The summed E-state index contributed by atoms with van der Waals surface area (Å²) >= 11 is 0. The highest BCUT2D eigenvalue weighted by atomic mass is 32.2. The van der Waals surface area contributed by atoms with E-state index in [0.717, 1.165) is 12.8 Å². The minimum absolute atomic E-state index is 0.0823. The number of hydrogen-bond acceptors (Lipinski definition) is 4. The number of aliphatic hydroxyl groups excluding tert-OH is 2. The highest BCUT2D eigenvalue weighted by molar-refractivity contribution is 7.89. The highest BCUT2D eigenvalue weighted by Gasteiger charge is 2.11. The largest absolute Gasteiger partial charge is 0.394 e. The van der Waals surface area contributed by atoms with Gasteiger partial charge in [0.05, 0.1) is 18.5 Å². The van der Waals surface area contributed by atoms with Gasteiger partial charge in [0.15, 0.2) is 0 Å². The molecular weight excluding hydrogens is 206 g/mol. The minimum atomic E-state index is -3.28. The van der Waals surface area contributed by atoms with Crippen molar-refractivity contribution in [2.45, 2.75) is 32.3 Å². The second-order valence-corrected chi connectivity index (χ2v) is 5.14. The summed E-state index contributed by atoms with van der Waals surface area (Å²) in [5.74, 6) is 0.0823. The van der Waals surface area contributed by atoms with Gasteiger partial charge < -0.3 is 10.2 Å². The molecule has 0 aliphatic heterocycles. The Kier molecular flexibility index (Phi) is 7.08. The molecule has 3 N–H and O–H groups in total. The lowest BCUT2D eigenvalue weighted by Crippen LogP contribution is -2.35. The van der Waals surface area contributed by atoms with Crippen molar-refractivity contribution >= 4 is 10.0 Å². The third-order valence-corrected chi connectivity index (χ3v) is 3.20. The van der Waals surface area contributed by atoms with Crippen molar-refractivity contribution < 1.29 is 18.6 Å². The molecule has 86 valence electrons. The Morgan fingerprint density at radius 1 is 1.36 bits per heavy atom. The van der Waals surface area contributed by atoms with Crippen LogP contribution in [-0.2, 0) is 10.0 Å². The lowest BCUT2D eigenvalue weighted by molar-refractivity contribution is 0.0988. The number of sulfonamides is 1. The second-order valence-electron chi connectivity index (χ2n) is 3.21. The van der Waals surface area contributed by atoms with Crippen LogP contribution in [0.2, 0.25) is 0 Å². The molecule has 0 aliphatic rings. The lowest BCUT2D eigenvalue weighted by Gasteiger charge is -2.09. The van der Waals surface area contributed by atoms with E-state index in [1.165, 1.54) is 0 Å². The average molecular weight is 225 g/mol. The van der Waals surface area contributed by atoms with E-state index in [1.54, 1.807) is 0 Å². The van der Waals surface area contributed by atoms with Crippen LogP contribution >= 0.6 is 0 Å². The molecule has 0 saturated heterocycles. The van der Waals surface area contributed by atoms with E-state index in [0.29, 0.717) is 6.42 Å². The Balaban J connectivity index is 3.73. The van der Waals surface area contributed by atoms with Crippen molar-refractivity contribution in [2.24, 2.45) is 0 Å². The van der Waals surface area contributed by atoms with Crippen molar-refractivity contribution in [3.63, 3.8) is 0 Å². The van der Waals surface area contributed by atoms with E-state index in [2.05, 4.69) is 4.72 Å². The van der Waals surface area contributed by atoms with E-state index in [4.69, 9.17) is 10.2 Å². The van der Waals surface area contributed by atoms with Crippen molar-refractivity contribution in [3.8, 4) is 0 Å². The number of nitrogens with one attached hydrogen (secondary N) is 1. The van der Waals surface area contributed by atoms with Crippen molar-refractivity contribution in [1.29, 1.82) is 0 Å². The quantitative estimate of drug-likeness (QED) is 0.484. The van der Waals surface area contributed by atoms with Gasteiger partial charge in [-0.1, -0.05) is 19.8 Å². The fourth-order valence-electron chi connectivity index (χ4n) is 0.902. The van der Waals surface area contributed by atoms with Gasteiger partial charge in [0.25, 0.3) is 0 Å². The van der Waals surface area contributed by atoms with Crippen LogP contribution in [-0.4, -0.2) is 43.6 Å². The molecule has 0 heterocycles. The molecule has 6 heteroatoms. The van der Waals surface area contributed by atoms with E-state index in [1.807, 2.05) is 6.92 Å². The predicted octanol–water partition coefficient (Wildman–Crippen LogP) is -0.551. The molecule has 0 saturated carbocycles. The van der Waals surface area contributed by atoms with Gasteiger partial charge in [-0.25, -0.2) is 13.1 Å². The van der Waals surface area contributed by atoms with Crippen LogP contribution in [0.3, 0.4) is 0 Å². The SMILES string of the molecule is CCCCCS(=O)(=O)NCC(O)CO. The van der Waals surface area contributed by atoms with Crippen LogP contribution in [0.5, 0.6) is 0 Å². The molecule has 0 rings (SSSR count). The molecule has 0 aromatic rings. The Labute approximate surface area is 85.2 Å². The van der Waals surface area contributed by atoms with E-state index in [-0.39, 0.29) is 12.3 Å². The van der Waals surface area contributed by atoms with Crippen LogP contribution in [0.1, 0.15) is 26.2 Å². The summed E-state index contributed by atoms with van der Waals surface area (Å²) in [5.41, 5.74) is 0. The third-order valence-electron chi connectivity index (χ3n) is 1.77. The van der Waals surface area contributed by atoms with Gasteiger partial charge in [0.2, 0.25) is 10.0 Å². The molecule has 0 aromatic heterocycles. The topological polar surface area (TPSA) is 86.6 Å². The number of unbranched alkanes of at least 4 members (excludes halogenated alkanes) is 2. The fraction of sp³-hybridized carbons (Fsp3) is 1.00. The average Bonchev–Trinajstić information content (AvgIpc) is 2.14. The van der Waals surface area contributed by atoms with E-state index < -0.39 is 22.7 Å². The molecule has 0 spiro atoms. The highest BCUT2D eigenvalue weighted by Crippen LogP contribution is 1.97. The standard InChI is InChI=1S/C8H19NO4S/c1-2-3-4-5-14(12,13)9-6-8(11)7-10/h8-11H,2-7H2,1H3. The summed E-state index contributed by atoms with van der Waals surface area (Å²) in [4.78, 5) is 0. The maximum absolute atomic E-state index is 11.2. The van der Waals surface area contributed by atoms with Crippen LogP contribution < -0.4 is 4.72 Å². The molecule has 14 heavy (non-hydrogen) atoms. The molecule has 5 nitrogen and oxygen atoms in total. The zero-order chi connectivity index (χ0) is 11.0. The van der Waals surface area contributed by atoms with Crippen molar-refractivity contribution in [1.82, 2.24) is 4.72 Å². The summed E-state index contributed by atoms with van der Waals surface area (Å²) in [6.45, 7) is 1.44. The number of aliphatic hydroxyl groups is 2. The van der Waals surface area contributed by atoms with E-state index >= 15 is 0 Å². The number of rotatable bonds is 8. The number of hydrogen-bond donors (Lipinski definition) is 3. The first-order chi connectivity index (χ1) is 6.52. The summed E-state index contributed by atoms with van der Waals surface area (Å²) in [6, 6.07) is 0. The molecule has 0 fully saturated rings. The molecule has 0 bridgehead atoms. The van der Waals surface area contributed by atoms with Gasteiger partial charge in [0, 0.05) is 6.54 Å². The summed E-state index contributed by atoms with van der Waals surface area (Å²) in [5, 5.41) is 17.4. The molecule has 0 amide bonds. The summed E-state index contributed by atoms with van der Waals surface area (Å²) in [7, 11) is -3.28. The second kappa shape index (κ2) is 7.17. The fourth-order valence-corrected chi connectivity index (χ4v) is 2.08. The monoisotopic (exact) mass is 225 g/mol. The van der Waals surface area contributed by atoms with Gasteiger partial charge >= 0.3 is 0 Å². The Morgan fingerprint density at radius 2 is 2.00 bits per heavy atom. The first-order valence-electron chi connectivity index (χ1n) is 4.78. The van der Waals surface area contributed by atoms with Crippen LogP contribution in [0, 0.1) is 0 Å². The van der Waals surface area contributed by atoms with Gasteiger partial charge in [0.1, 0.15) is 0 Å². The van der Waals surface area contributed by atoms with Gasteiger partial charge in [-0.05, 0) is 6.42 Å². The Morgan fingerprint density at radius 3 is 2.50 bits per heavy atom. The summed E-state index contributed by atoms with van der Waals surface area (Å²) in [6.07, 6.45) is 1.45. The molecule has 1 unspecified atom stereocenters. The van der Waals surface area contributed by atoms with Gasteiger partial charge in [-0.3, -0.25) is 0 Å². The first-order valence-corrected chi connectivity index (χ1v) is 6.43. The van der Waals surface area contributed by atoms with Crippen LogP contribution in [0.25, 0.3) is 0 Å². The smallest absolute Gasteiger partial charge is 0.211 e. The molecule has 0 aliphatic carbocycles. The molecule has 0 aromatic carbocycles. The first kappa shape index (κ1) is 13.8. The van der Waals surface area contributed by atoms with Gasteiger partial charge in [-0.15, -0.1) is 0 Å². The minimum Gasteiger partial charge on any atom is -0.394 e. The molecule has 0 radical (unpaired) electrons. The Bertz CT molecular complexity index is 227. The maximum atomic E-state index is 11.2. The van der Waals surface area contributed by atoms with Gasteiger partial charge in [-0.2, -0.15) is 0 Å². The predicted molar refractivity (Wildman–Crippen MR) is 54.4 cm³/mol. The molecule has 1 atom stereocenters. The zero-order valence-corrected chi connectivity index (χ0v) is 9.26. The molecular formula is C8H19NO4S.